The summed E-state index contributed by atoms with van der Waals surface area (Å²) in [5.74, 6) is -2.60. The van der Waals surface area contributed by atoms with Gasteiger partial charge >= 0.3 is 6.18 Å². The molecule has 0 aliphatic carbocycles. The third-order valence-corrected chi connectivity index (χ3v) is 5.71. The Morgan fingerprint density at radius 3 is 2.49 bits per heavy atom. The first-order chi connectivity index (χ1) is 17.5. The van der Waals surface area contributed by atoms with E-state index in [0.29, 0.717) is 16.8 Å². The fourth-order valence-corrected chi connectivity index (χ4v) is 3.64. The highest BCUT2D eigenvalue weighted by atomic mass is 19.4. The Morgan fingerprint density at radius 2 is 1.86 bits per heavy atom. The van der Waals surface area contributed by atoms with Crippen molar-refractivity contribution < 1.29 is 31.5 Å². The molecule has 0 saturated heterocycles. The average molecular weight is 520 g/mol. The molecular weight excluding hydrogens is 499 g/mol. The predicted octanol–water partition coefficient (Wildman–Crippen LogP) is 4.83. The number of amides is 1. The second kappa shape index (κ2) is 9.99. The van der Waals surface area contributed by atoms with Crippen molar-refractivity contribution in [3.63, 3.8) is 0 Å². The number of aryl methyl sites for hydroxylation is 1. The van der Waals surface area contributed by atoms with Crippen LogP contribution in [0.4, 0.5) is 27.9 Å². The third kappa shape index (κ3) is 5.44. The minimum atomic E-state index is -4.55. The van der Waals surface area contributed by atoms with Crippen LogP contribution in [0.15, 0.2) is 42.7 Å². The Morgan fingerprint density at radius 1 is 1.11 bits per heavy atom. The maximum atomic E-state index is 14.8. The van der Waals surface area contributed by atoms with Gasteiger partial charge in [0.15, 0.2) is 11.6 Å². The summed E-state index contributed by atoms with van der Waals surface area (Å²) < 4.78 is 72.8. The standard InChI is InChI=1S/C24H21F5N6O2/c1-11-15(10-31-35-11)21(13-4-5-20(37-3)18(26)6-13)34-22(36)14-7-17(25)16-9-30-23(33-19(16)8-14)32-12(2)24(27,28)29/h4-10,12,21H,1-3H3,(H,31,35)(H,34,36)(H,30,32,33). The number of hydrogen-bond donors (Lipinski definition) is 3. The molecule has 0 spiro atoms. The van der Waals surface area contributed by atoms with Gasteiger partial charge in [-0.1, -0.05) is 6.07 Å². The lowest BCUT2D eigenvalue weighted by atomic mass is 9.98. The van der Waals surface area contributed by atoms with Crippen molar-refractivity contribution in [3.05, 3.63) is 76.7 Å². The molecule has 0 aliphatic heterocycles. The molecule has 3 N–H and O–H groups in total. The Bertz CT molecular complexity index is 1460. The number of halogens is 5. The minimum absolute atomic E-state index is 0.0123. The Hall–Kier alpha value is -4.29. The van der Waals surface area contributed by atoms with Crippen LogP contribution in [0.1, 0.15) is 40.1 Å². The molecule has 0 aliphatic rings. The normalized spacial score (nSPS) is 13.3. The largest absolute Gasteiger partial charge is 0.494 e. The number of nitrogens with zero attached hydrogens (tertiary/aromatic N) is 3. The summed E-state index contributed by atoms with van der Waals surface area (Å²) in [4.78, 5) is 20.9. The fourth-order valence-electron chi connectivity index (χ4n) is 3.64. The van der Waals surface area contributed by atoms with Gasteiger partial charge in [-0.25, -0.2) is 18.7 Å². The van der Waals surface area contributed by atoms with Gasteiger partial charge in [0.2, 0.25) is 5.95 Å². The zero-order valence-electron chi connectivity index (χ0n) is 19.7. The van der Waals surface area contributed by atoms with Crippen LogP contribution in [0.25, 0.3) is 10.9 Å². The lowest BCUT2D eigenvalue weighted by Gasteiger charge is -2.20. The van der Waals surface area contributed by atoms with E-state index < -0.39 is 35.8 Å². The van der Waals surface area contributed by atoms with E-state index in [1.54, 1.807) is 13.0 Å². The van der Waals surface area contributed by atoms with Gasteiger partial charge in [0, 0.05) is 23.0 Å². The highest BCUT2D eigenvalue weighted by Crippen LogP contribution is 2.29. The molecule has 2 atom stereocenters. The molecule has 8 nitrogen and oxygen atoms in total. The van der Waals surface area contributed by atoms with Crippen LogP contribution in [-0.4, -0.2) is 45.4 Å². The van der Waals surface area contributed by atoms with Gasteiger partial charge in [-0.05, 0) is 43.7 Å². The second-order valence-corrected chi connectivity index (χ2v) is 8.24. The maximum absolute atomic E-state index is 14.8. The molecule has 1 amide bonds. The number of rotatable bonds is 7. The van der Waals surface area contributed by atoms with Crippen LogP contribution in [0.5, 0.6) is 5.75 Å². The summed E-state index contributed by atoms with van der Waals surface area (Å²) >= 11 is 0. The molecule has 2 aromatic heterocycles. The van der Waals surface area contributed by atoms with Crippen LogP contribution in [0.3, 0.4) is 0 Å². The molecule has 0 fully saturated rings. The third-order valence-electron chi connectivity index (χ3n) is 5.71. The highest BCUT2D eigenvalue weighted by molar-refractivity contribution is 5.98. The Labute approximate surface area is 207 Å². The number of benzene rings is 2. The first kappa shape index (κ1) is 25.8. The molecule has 37 heavy (non-hydrogen) atoms. The lowest BCUT2D eigenvalue weighted by molar-refractivity contribution is -0.138. The molecular formula is C24H21F5N6O2. The van der Waals surface area contributed by atoms with Gasteiger partial charge in [0.1, 0.15) is 11.9 Å². The van der Waals surface area contributed by atoms with Crippen molar-refractivity contribution in [1.29, 1.82) is 0 Å². The van der Waals surface area contributed by atoms with Gasteiger partial charge in [0.05, 0.1) is 30.3 Å². The molecule has 2 aromatic carbocycles. The zero-order valence-corrected chi connectivity index (χ0v) is 19.7. The molecule has 4 aromatic rings. The van der Waals surface area contributed by atoms with Crippen molar-refractivity contribution in [1.82, 2.24) is 25.5 Å². The first-order valence-corrected chi connectivity index (χ1v) is 10.9. The molecule has 13 heteroatoms. The van der Waals surface area contributed by atoms with Gasteiger partial charge in [-0.2, -0.15) is 18.3 Å². The minimum Gasteiger partial charge on any atom is -0.494 e. The van der Waals surface area contributed by atoms with Gasteiger partial charge in [-0.15, -0.1) is 0 Å². The fraction of sp³-hybridized carbons (Fsp3) is 0.250. The quantitative estimate of drug-likeness (QED) is 0.302. The summed E-state index contributed by atoms with van der Waals surface area (Å²) in [5, 5.41) is 11.5. The maximum Gasteiger partial charge on any atom is 0.408 e. The number of alkyl halides is 3. The summed E-state index contributed by atoms with van der Waals surface area (Å²) in [6.45, 7) is 2.60. The predicted molar refractivity (Wildman–Crippen MR) is 124 cm³/mol. The summed E-state index contributed by atoms with van der Waals surface area (Å²) in [5.41, 5.74) is 1.28. The Kier molecular flexibility index (Phi) is 6.96. The number of carbonyl (C=O) groups excluding carboxylic acids is 1. The van der Waals surface area contributed by atoms with Gasteiger partial charge in [-0.3, -0.25) is 9.89 Å². The number of fused-ring (bicyclic) bond motifs is 1. The lowest BCUT2D eigenvalue weighted by Crippen LogP contribution is -2.33. The van der Waals surface area contributed by atoms with Crippen molar-refractivity contribution >= 4 is 22.8 Å². The van der Waals surface area contributed by atoms with Crippen LogP contribution in [-0.2, 0) is 0 Å². The topological polar surface area (TPSA) is 105 Å². The van der Waals surface area contributed by atoms with Gasteiger partial charge < -0.3 is 15.4 Å². The van der Waals surface area contributed by atoms with E-state index in [1.165, 1.54) is 31.5 Å². The molecule has 0 radical (unpaired) electrons. The number of methoxy groups -OCH3 is 1. The van der Waals surface area contributed by atoms with Crippen LogP contribution >= 0.6 is 0 Å². The van der Waals surface area contributed by atoms with E-state index in [1.807, 2.05) is 0 Å². The summed E-state index contributed by atoms with van der Waals surface area (Å²) in [6.07, 6.45) is -2.05. The number of anilines is 1. The van der Waals surface area contributed by atoms with E-state index in [4.69, 9.17) is 4.74 Å². The van der Waals surface area contributed by atoms with Crippen LogP contribution in [0.2, 0.25) is 0 Å². The monoisotopic (exact) mass is 520 g/mol. The number of aromatic nitrogens is 4. The van der Waals surface area contributed by atoms with Crippen LogP contribution in [0, 0.1) is 18.6 Å². The van der Waals surface area contributed by atoms with Crippen molar-refractivity contribution in [2.24, 2.45) is 0 Å². The van der Waals surface area contributed by atoms with Crippen molar-refractivity contribution in [2.45, 2.75) is 32.1 Å². The van der Waals surface area contributed by atoms with Crippen molar-refractivity contribution in [3.8, 4) is 5.75 Å². The smallest absolute Gasteiger partial charge is 0.408 e. The number of H-pyrrole nitrogens is 1. The molecule has 4 rings (SSSR count). The summed E-state index contributed by atoms with van der Waals surface area (Å²) in [7, 11) is 1.32. The molecule has 2 heterocycles. The van der Waals surface area contributed by atoms with E-state index in [2.05, 4.69) is 30.8 Å². The van der Waals surface area contributed by atoms with Crippen LogP contribution < -0.4 is 15.4 Å². The van der Waals surface area contributed by atoms with E-state index in [-0.39, 0.29) is 28.2 Å². The molecule has 2 unspecified atom stereocenters. The van der Waals surface area contributed by atoms with E-state index in [9.17, 15) is 26.7 Å². The first-order valence-electron chi connectivity index (χ1n) is 10.9. The van der Waals surface area contributed by atoms with Gasteiger partial charge in [0.25, 0.3) is 5.91 Å². The number of ether oxygens (including phenoxy) is 1. The number of nitrogens with one attached hydrogen (secondary N) is 3. The summed E-state index contributed by atoms with van der Waals surface area (Å²) in [6, 6.07) is 3.53. The SMILES string of the molecule is COc1ccc(C(NC(=O)c2cc(F)c3cnc(NC(C)C(F)(F)F)nc3c2)c2cn[nH]c2C)cc1F. The second-order valence-electron chi connectivity index (χ2n) is 8.24. The Balaban J connectivity index is 1.68. The van der Waals surface area contributed by atoms with E-state index >= 15 is 0 Å². The number of carbonyl (C=O) groups is 1. The molecule has 0 saturated carbocycles. The van der Waals surface area contributed by atoms with E-state index in [0.717, 1.165) is 19.2 Å². The number of aromatic amines is 1. The molecule has 194 valence electrons. The van der Waals surface area contributed by atoms with Crippen molar-refractivity contribution in [2.75, 3.05) is 12.4 Å². The number of hydrogen-bond acceptors (Lipinski definition) is 6. The molecule has 0 bridgehead atoms. The highest BCUT2D eigenvalue weighted by Gasteiger charge is 2.36. The zero-order chi connectivity index (χ0) is 26.9. The average Bonchev–Trinajstić information content (AvgIpc) is 3.26.